The first-order chi connectivity index (χ1) is 16.1. The summed E-state index contributed by atoms with van der Waals surface area (Å²) >= 11 is 0. The van der Waals surface area contributed by atoms with Crippen LogP contribution < -0.4 is 4.74 Å². The van der Waals surface area contributed by atoms with E-state index in [1.807, 2.05) is 42.7 Å². The Morgan fingerprint density at radius 1 is 1.00 bits per heavy atom. The van der Waals surface area contributed by atoms with Gasteiger partial charge >= 0.3 is 0 Å². The van der Waals surface area contributed by atoms with Gasteiger partial charge in [0.15, 0.2) is 0 Å². The summed E-state index contributed by atoms with van der Waals surface area (Å²) in [5.74, 6) is 1.16. The highest BCUT2D eigenvalue weighted by Gasteiger charge is 2.16. The Kier molecular flexibility index (Phi) is 7.20. The molecule has 0 radical (unpaired) electrons. The van der Waals surface area contributed by atoms with Crippen molar-refractivity contribution in [3.63, 3.8) is 0 Å². The van der Waals surface area contributed by atoms with Gasteiger partial charge in [-0.25, -0.2) is 4.98 Å². The number of nitrogens with one attached hydrogen (secondary N) is 1. The minimum absolute atomic E-state index is 0. The second-order valence-electron chi connectivity index (χ2n) is 8.80. The number of hydrogen-bond donors (Lipinski definition) is 2. The number of likely N-dealkylation sites (N-methyl/N-ethyl adjacent to an activating group) is 1. The van der Waals surface area contributed by atoms with Crippen LogP contribution in [0.5, 0.6) is 11.5 Å². The molecule has 0 atom stereocenters. The first-order valence-electron chi connectivity index (χ1n) is 11.5. The molecular weight excluding hydrogens is 424 g/mol. The number of aromatic nitrogens is 2. The molecule has 0 spiro atoms. The molecule has 0 bridgehead atoms. The van der Waals surface area contributed by atoms with E-state index in [1.54, 1.807) is 7.11 Å². The molecule has 1 fully saturated rings. The third-order valence-electron chi connectivity index (χ3n) is 6.55. The summed E-state index contributed by atoms with van der Waals surface area (Å²) < 4.78 is 5.56. The van der Waals surface area contributed by atoms with Crippen molar-refractivity contribution in [2.45, 2.75) is 20.4 Å². The number of ether oxygens (including phenoxy) is 1. The van der Waals surface area contributed by atoms with Gasteiger partial charge in [0.25, 0.3) is 0 Å². The number of hydrogen-bond acceptors (Lipinski definition) is 5. The molecular formula is C28H34N4O2. The zero-order valence-electron chi connectivity index (χ0n) is 19.2. The molecule has 6 heteroatoms. The molecule has 34 heavy (non-hydrogen) atoms. The molecule has 3 heterocycles. The Hall–Kier alpha value is -3.35. The first-order valence-corrected chi connectivity index (χ1v) is 11.5. The minimum atomic E-state index is 0. The average molecular weight is 459 g/mol. The highest BCUT2D eigenvalue weighted by atomic mass is 16.5. The maximum absolute atomic E-state index is 10.8. The summed E-state index contributed by atoms with van der Waals surface area (Å²) in [6, 6.07) is 16.1. The first kappa shape index (κ1) is 23.8. The summed E-state index contributed by atoms with van der Waals surface area (Å²) in [5, 5.41) is 11.8. The standard InChI is InChI=1S/C27H30N4O2.CH4/c1-30-10-5-11-31(13-12-30)18-20-9-8-19(15-25(20)32)21-14-23-24(17-29-27(23)28-16-21)22-6-3-4-7-26(22)33-2;/h3-4,6-9,14-17,32H,5,10-13,18H2,1-2H3,(H,28,29);1H4. The number of H-pyrrole nitrogens is 1. The second-order valence-corrected chi connectivity index (χ2v) is 8.80. The van der Waals surface area contributed by atoms with Gasteiger partial charge in [-0.15, -0.1) is 0 Å². The maximum atomic E-state index is 10.8. The monoisotopic (exact) mass is 458 g/mol. The maximum Gasteiger partial charge on any atom is 0.137 e. The lowest BCUT2D eigenvalue weighted by Gasteiger charge is -2.21. The van der Waals surface area contributed by atoms with Crippen LogP contribution in [0.1, 0.15) is 19.4 Å². The molecule has 0 unspecified atom stereocenters. The fourth-order valence-corrected chi connectivity index (χ4v) is 4.63. The Morgan fingerprint density at radius 3 is 2.68 bits per heavy atom. The molecule has 6 nitrogen and oxygen atoms in total. The molecule has 0 aliphatic carbocycles. The number of pyridine rings is 1. The number of nitrogens with zero attached hydrogens (tertiary/aromatic N) is 3. The number of phenolic OH excluding ortho intramolecular Hbond substituents is 1. The third kappa shape index (κ3) is 4.79. The van der Waals surface area contributed by atoms with Crippen LogP contribution >= 0.6 is 0 Å². The largest absolute Gasteiger partial charge is 0.508 e. The Bertz CT molecular complexity index is 1270. The normalized spacial score (nSPS) is 15.1. The number of methoxy groups -OCH3 is 1. The number of aromatic amines is 1. The minimum Gasteiger partial charge on any atom is -0.508 e. The van der Waals surface area contributed by atoms with E-state index in [2.05, 4.69) is 45.0 Å². The predicted octanol–water partition coefficient (Wildman–Crippen LogP) is 5.38. The van der Waals surface area contributed by atoms with E-state index in [4.69, 9.17) is 4.74 Å². The Balaban J connectivity index is 0.00000274. The van der Waals surface area contributed by atoms with Crippen LogP contribution in [0.15, 0.2) is 60.9 Å². The molecule has 1 aliphatic rings. The quantitative estimate of drug-likeness (QED) is 0.420. The molecule has 5 rings (SSSR count). The smallest absolute Gasteiger partial charge is 0.137 e. The zero-order chi connectivity index (χ0) is 22.8. The Labute approximate surface area is 201 Å². The van der Waals surface area contributed by atoms with Crippen molar-refractivity contribution in [3.8, 4) is 33.8 Å². The van der Waals surface area contributed by atoms with Crippen molar-refractivity contribution in [2.24, 2.45) is 0 Å². The van der Waals surface area contributed by atoms with Crippen molar-refractivity contribution in [1.29, 1.82) is 0 Å². The van der Waals surface area contributed by atoms with Crippen molar-refractivity contribution >= 4 is 11.0 Å². The number of para-hydroxylation sites is 1. The summed E-state index contributed by atoms with van der Waals surface area (Å²) in [7, 11) is 3.86. The molecule has 2 N–H and O–H groups in total. The van der Waals surface area contributed by atoms with Gasteiger partial charge in [0.1, 0.15) is 17.1 Å². The van der Waals surface area contributed by atoms with Gasteiger partial charge < -0.3 is 19.7 Å². The summed E-state index contributed by atoms with van der Waals surface area (Å²) in [6.07, 6.45) is 4.98. The van der Waals surface area contributed by atoms with Gasteiger partial charge in [-0.05, 0) is 50.3 Å². The lowest BCUT2D eigenvalue weighted by Crippen LogP contribution is -2.28. The van der Waals surface area contributed by atoms with E-state index < -0.39 is 0 Å². The topological polar surface area (TPSA) is 64.6 Å². The molecule has 1 aliphatic heterocycles. The van der Waals surface area contributed by atoms with E-state index in [9.17, 15) is 5.11 Å². The van der Waals surface area contributed by atoms with Gasteiger partial charge in [-0.2, -0.15) is 0 Å². The van der Waals surface area contributed by atoms with Gasteiger partial charge in [-0.3, -0.25) is 4.90 Å². The molecule has 178 valence electrons. The van der Waals surface area contributed by atoms with Crippen molar-refractivity contribution in [2.75, 3.05) is 40.3 Å². The zero-order valence-corrected chi connectivity index (χ0v) is 19.2. The van der Waals surface area contributed by atoms with E-state index in [-0.39, 0.29) is 7.43 Å². The molecule has 0 saturated carbocycles. The predicted molar refractivity (Wildman–Crippen MR) is 139 cm³/mol. The SMILES string of the molecule is C.COc1ccccc1-c1c[nH]c2ncc(-c3ccc(CN4CCCN(C)CC4)c(O)c3)cc12. The molecule has 2 aromatic carbocycles. The van der Waals surface area contributed by atoms with Crippen LogP contribution in [0.3, 0.4) is 0 Å². The van der Waals surface area contributed by atoms with Crippen LogP contribution in [0, 0.1) is 0 Å². The van der Waals surface area contributed by atoms with E-state index >= 15 is 0 Å². The highest BCUT2D eigenvalue weighted by Crippen LogP contribution is 2.36. The van der Waals surface area contributed by atoms with Crippen LogP contribution in [-0.4, -0.2) is 65.2 Å². The fourth-order valence-electron chi connectivity index (χ4n) is 4.63. The summed E-state index contributed by atoms with van der Waals surface area (Å²) in [6.45, 7) is 5.05. The third-order valence-corrected chi connectivity index (χ3v) is 6.55. The number of benzene rings is 2. The van der Waals surface area contributed by atoms with E-state index in [0.29, 0.717) is 5.75 Å². The molecule has 2 aromatic heterocycles. The van der Waals surface area contributed by atoms with Gasteiger partial charge in [0, 0.05) is 59.7 Å². The number of aromatic hydroxyl groups is 1. The van der Waals surface area contributed by atoms with Crippen LogP contribution in [0.2, 0.25) is 0 Å². The summed E-state index contributed by atoms with van der Waals surface area (Å²) in [4.78, 5) is 12.7. The highest BCUT2D eigenvalue weighted by molar-refractivity contribution is 5.97. The Morgan fingerprint density at radius 2 is 1.85 bits per heavy atom. The van der Waals surface area contributed by atoms with Crippen molar-refractivity contribution in [3.05, 3.63) is 66.5 Å². The van der Waals surface area contributed by atoms with Crippen LogP contribution in [0.4, 0.5) is 0 Å². The van der Waals surface area contributed by atoms with Crippen LogP contribution in [-0.2, 0) is 6.54 Å². The summed E-state index contributed by atoms with van der Waals surface area (Å²) in [5.41, 5.74) is 5.78. The molecule has 4 aromatic rings. The number of fused-ring (bicyclic) bond motifs is 1. The fraction of sp³-hybridized carbons (Fsp3) is 0.321. The van der Waals surface area contributed by atoms with E-state index in [1.165, 1.54) is 0 Å². The van der Waals surface area contributed by atoms with Crippen molar-refractivity contribution < 1.29 is 9.84 Å². The van der Waals surface area contributed by atoms with Crippen LogP contribution in [0.25, 0.3) is 33.3 Å². The molecule has 0 amide bonds. The van der Waals surface area contributed by atoms with Gasteiger partial charge in [-0.1, -0.05) is 37.8 Å². The second kappa shape index (κ2) is 10.3. The lowest BCUT2D eigenvalue weighted by atomic mass is 10.0. The van der Waals surface area contributed by atoms with Crippen molar-refractivity contribution in [1.82, 2.24) is 19.8 Å². The van der Waals surface area contributed by atoms with Gasteiger partial charge in [0.05, 0.1) is 7.11 Å². The average Bonchev–Trinajstić information content (AvgIpc) is 3.15. The number of phenols is 1. The number of rotatable bonds is 5. The van der Waals surface area contributed by atoms with Gasteiger partial charge in [0.2, 0.25) is 0 Å². The van der Waals surface area contributed by atoms with E-state index in [0.717, 1.165) is 83.7 Å². The molecule has 1 saturated heterocycles. The lowest BCUT2D eigenvalue weighted by molar-refractivity contribution is 0.266.